The first-order valence-corrected chi connectivity index (χ1v) is 8.95. The Labute approximate surface area is 153 Å². The first kappa shape index (κ1) is 16.8. The number of aryl methyl sites for hydroxylation is 2. The standard InChI is InChI=1S/C19H24N6O/c1-13-14(12-25(3)23-13)11-20-18-15-6-8-24(2)9-7-16(15)21-19(22-18)17-5-4-10-26-17/h4-5,10,12H,6-9,11H2,1-3H3,(H,20,21,22). The Balaban J connectivity index is 1.69. The highest BCUT2D eigenvalue weighted by molar-refractivity contribution is 5.56. The Morgan fingerprint density at radius 2 is 2.04 bits per heavy atom. The molecule has 0 saturated carbocycles. The van der Waals surface area contributed by atoms with Crippen molar-refractivity contribution in [2.75, 3.05) is 25.5 Å². The number of likely N-dealkylation sites (N-methyl/N-ethyl adjacent to an activating group) is 1. The lowest BCUT2D eigenvalue weighted by Crippen LogP contribution is -2.20. The van der Waals surface area contributed by atoms with E-state index in [-0.39, 0.29) is 0 Å². The molecule has 0 aromatic carbocycles. The number of furan rings is 1. The van der Waals surface area contributed by atoms with Crippen molar-refractivity contribution in [3.05, 3.63) is 47.1 Å². The molecule has 0 saturated heterocycles. The van der Waals surface area contributed by atoms with Gasteiger partial charge in [-0.05, 0) is 32.5 Å². The van der Waals surface area contributed by atoms with Crippen LogP contribution in [0.1, 0.15) is 22.5 Å². The third kappa shape index (κ3) is 3.35. The molecule has 7 nitrogen and oxygen atoms in total. The highest BCUT2D eigenvalue weighted by atomic mass is 16.3. The molecule has 0 aliphatic carbocycles. The van der Waals surface area contributed by atoms with E-state index in [1.54, 1.807) is 6.26 Å². The number of hydrogen-bond donors (Lipinski definition) is 1. The minimum Gasteiger partial charge on any atom is -0.461 e. The van der Waals surface area contributed by atoms with Crippen LogP contribution in [0.4, 0.5) is 5.82 Å². The first-order chi connectivity index (χ1) is 12.6. The summed E-state index contributed by atoms with van der Waals surface area (Å²) in [6.45, 7) is 4.73. The minimum absolute atomic E-state index is 0.642. The molecule has 0 unspecified atom stereocenters. The predicted molar refractivity (Wildman–Crippen MR) is 99.9 cm³/mol. The summed E-state index contributed by atoms with van der Waals surface area (Å²) in [7, 11) is 4.09. The molecule has 4 heterocycles. The van der Waals surface area contributed by atoms with Crippen molar-refractivity contribution in [3.8, 4) is 11.6 Å². The Morgan fingerprint density at radius 1 is 1.19 bits per heavy atom. The second-order valence-corrected chi connectivity index (χ2v) is 6.87. The number of anilines is 1. The van der Waals surface area contributed by atoms with Crippen LogP contribution in [0, 0.1) is 6.92 Å². The summed E-state index contributed by atoms with van der Waals surface area (Å²) in [6, 6.07) is 3.77. The lowest BCUT2D eigenvalue weighted by atomic mass is 10.1. The van der Waals surface area contributed by atoms with Gasteiger partial charge in [-0.3, -0.25) is 4.68 Å². The number of nitrogens with zero attached hydrogens (tertiary/aromatic N) is 5. The molecule has 0 bridgehead atoms. The maximum atomic E-state index is 5.53. The van der Waals surface area contributed by atoms with Crippen LogP contribution in [0.25, 0.3) is 11.6 Å². The maximum absolute atomic E-state index is 5.53. The molecule has 0 radical (unpaired) electrons. The number of fused-ring (bicyclic) bond motifs is 1. The fraction of sp³-hybridized carbons (Fsp3) is 0.421. The molecule has 0 atom stereocenters. The van der Waals surface area contributed by atoms with Crippen LogP contribution in [0.2, 0.25) is 0 Å². The van der Waals surface area contributed by atoms with E-state index in [9.17, 15) is 0 Å². The van der Waals surface area contributed by atoms with E-state index in [0.29, 0.717) is 18.1 Å². The van der Waals surface area contributed by atoms with Gasteiger partial charge in [0.2, 0.25) is 0 Å². The van der Waals surface area contributed by atoms with E-state index in [4.69, 9.17) is 14.4 Å². The van der Waals surface area contributed by atoms with Gasteiger partial charge in [-0.25, -0.2) is 9.97 Å². The second kappa shape index (κ2) is 6.92. The molecule has 3 aromatic heterocycles. The summed E-state index contributed by atoms with van der Waals surface area (Å²) in [4.78, 5) is 11.9. The summed E-state index contributed by atoms with van der Waals surface area (Å²) in [5, 5.41) is 7.94. The zero-order valence-corrected chi connectivity index (χ0v) is 15.5. The smallest absolute Gasteiger partial charge is 0.197 e. The topological polar surface area (TPSA) is 72.0 Å². The van der Waals surface area contributed by atoms with Crippen LogP contribution in [0.15, 0.2) is 29.0 Å². The van der Waals surface area contributed by atoms with E-state index >= 15 is 0 Å². The van der Waals surface area contributed by atoms with Gasteiger partial charge in [-0.15, -0.1) is 0 Å². The highest BCUT2D eigenvalue weighted by Gasteiger charge is 2.20. The molecule has 0 amide bonds. The van der Waals surface area contributed by atoms with Gasteiger partial charge in [0.25, 0.3) is 0 Å². The minimum atomic E-state index is 0.642. The SMILES string of the molecule is Cc1nn(C)cc1CNc1nc(-c2ccco2)nc2c1CCN(C)CC2. The van der Waals surface area contributed by atoms with Gasteiger partial charge < -0.3 is 14.6 Å². The molecule has 3 aromatic rings. The molecule has 136 valence electrons. The Kier molecular flexibility index (Phi) is 4.46. The summed E-state index contributed by atoms with van der Waals surface area (Å²) in [5.41, 5.74) is 4.53. The molecule has 7 heteroatoms. The van der Waals surface area contributed by atoms with Crippen molar-refractivity contribution < 1.29 is 4.42 Å². The van der Waals surface area contributed by atoms with Gasteiger partial charge in [0.15, 0.2) is 11.6 Å². The van der Waals surface area contributed by atoms with Crippen LogP contribution in [0.5, 0.6) is 0 Å². The highest BCUT2D eigenvalue weighted by Crippen LogP contribution is 2.26. The molecule has 0 fully saturated rings. The number of nitrogens with one attached hydrogen (secondary N) is 1. The van der Waals surface area contributed by atoms with Gasteiger partial charge >= 0.3 is 0 Å². The van der Waals surface area contributed by atoms with Gasteiger partial charge in [-0.2, -0.15) is 5.10 Å². The van der Waals surface area contributed by atoms with Crippen LogP contribution < -0.4 is 5.32 Å². The fourth-order valence-electron chi connectivity index (χ4n) is 3.37. The molecule has 1 aliphatic heterocycles. The predicted octanol–water partition coefficient (Wildman–Crippen LogP) is 2.42. The Morgan fingerprint density at radius 3 is 2.77 bits per heavy atom. The third-order valence-corrected chi connectivity index (χ3v) is 4.87. The van der Waals surface area contributed by atoms with E-state index in [2.05, 4.69) is 22.4 Å². The van der Waals surface area contributed by atoms with Gasteiger partial charge in [0, 0.05) is 50.4 Å². The molecule has 1 aliphatic rings. The monoisotopic (exact) mass is 352 g/mol. The van der Waals surface area contributed by atoms with E-state index in [1.807, 2.05) is 37.0 Å². The van der Waals surface area contributed by atoms with Crippen molar-refractivity contribution in [2.45, 2.75) is 26.3 Å². The molecular weight excluding hydrogens is 328 g/mol. The van der Waals surface area contributed by atoms with E-state index in [1.165, 1.54) is 11.1 Å². The molecule has 4 rings (SSSR count). The second-order valence-electron chi connectivity index (χ2n) is 6.87. The van der Waals surface area contributed by atoms with Gasteiger partial charge in [0.05, 0.1) is 17.7 Å². The molecule has 0 spiro atoms. The Bertz CT molecular complexity index is 899. The van der Waals surface area contributed by atoms with Crippen molar-refractivity contribution in [2.24, 2.45) is 7.05 Å². The summed E-state index contributed by atoms with van der Waals surface area (Å²) in [6.07, 6.45) is 5.56. The maximum Gasteiger partial charge on any atom is 0.197 e. The summed E-state index contributed by atoms with van der Waals surface area (Å²) in [5.74, 6) is 2.25. The average molecular weight is 352 g/mol. The normalized spacial score (nSPS) is 14.9. The first-order valence-electron chi connectivity index (χ1n) is 8.95. The zero-order valence-electron chi connectivity index (χ0n) is 15.5. The van der Waals surface area contributed by atoms with Crippen LogP contribution >= 0.6 is 0 Å². The van der Waals surface area contributed by atoms with E-state index in [0.717, 1.165) is 43.1 Å². The Hall–Kier alpha value is -2.67. The largest absolute Gasteiger partial charge is 0.461 e. The van der Waals surface area contributed by atoms with E-state index < -0.39 is 0 Å². The van der Waals surface area contributed by atoms with Crippen LogP contribution in [-0.4, -0.2) is 44.8 Å². The zero-order chi connectivity index (χ0) is 18.1. The number of hydrogen-bond acceptors (Lipinski definition) is 6. The van der Waals surface area contributed by atoms with Crippen molar-refractivity contribution in [1.82, 2.24) is 24.6 Å². The molecule has 1 N–H and O–H groups in total. The average Bonchev–Trinajstić information content (AvgIpc) is 3.21. The number of aromatic nitrogens is 4. The van der Waals surface area contributed by atoms with Crippen LogP contribution in [0.3, 0.4) is 0 Å². The summed E-state index contributed by atoms with van der Waals surface area (Å²) < 4.78 is 7.37. The lowest BCUT2D eigenvalue weighted by molar-refractivity contribution is 0.352. The molecule has 26 heavy (non-hydrogen) atoms. The molecular formula is C19H24N6O. The van der Waals surface area contributed by atoms with Gasteiger partial charge in [-0.1, -0.05) is 0 Å². The fourth-order valence-corrected chi connectivity index (χ4v) is 3.37. The lowest BCUT2D eigenvalue weighted by Gasteiger charge is -2.14. The van der Waals surface area contributed by atoms with Gasteiger partial charge in [0.1, 0.15) is 5.82 Å². The van der Waals surface area contributed by atoms with Crippen molar-refractivity contribution >= 4 is 5.82 Å². The van der Waals surface area contributed by atoms with Crippen molar-refractivity contribution in [1.29, 1.82) is 0 Å². The third-order valence-electron chi connectivity index (χ3n) is 4.87. The quantitative estimate of drug-likeness (QED) is 0.777. The summed E-state index contributed by atoms with van der Waals surface area (Å²) >= 11 is 0. The van der Waals surface area contributed by atoms with Crippen molar-refractivity contribution in [3.63, 3.8) is 0 Å². The number of rotatable bonds is 4. The van der Waals surface area contributed by atoms with Crippen LogP contribution in [-0.2, 0) is 26.4 Å².